The summed E-state index contributed by atoms with van der Waals surface area (Å²) in [5, 5.41) is 2.72. The van der Waals surface area contributed by atoms with Gasteiger partial charge >= 0.3 is 0 Å². The summed E-state index contributed by atoms with van der Waals surface area (Å²) in [7, 11) is 0. The average molecular weight is 403 g/mol. The van der Waals surface area contributed by atoms with Crippen LogP contribution in [0.4, 0.5) is 14.6 Å². The molecule has 0 spiro atoms. The van der Waals surface area contributed by atoms with Gasteiger partial charge in [-0.15, -0.1) is 0 Å². The summed E-state index contributed by atoms with van der Waals surface area (Å²) in [6.45, 7) is 1.81. The molecule has 0 aromatic carbocycles. The van der Waals surface area contributed by atoms with E-state index in [1.165, 1.54) is 24.5 Å². The van der Waals surface area contributed by atoms with E-state index in [2.05, 4.69) is 20.3 Å². The number of piperidine rings is 1. The first-order chi connectivity index (χ1) is 13.8. The average Bonchev–Trinajstić information content (AvgIpc) is 3.54. The number of carbonyl (C=O) groups excluding carboxylic acids is 1. The third-order valence-electron chi connectivity index (χ3n) is 5.72. The summed E-state index contributed by atoms with van der Waals surface area (Å²) in [6, 6.07) is 2.05. The van der Waals surface area contributed by atoms with Crippen molar-refractivity contribution in [3.8, 4) is 0 Å². The quantitative estimate of drug-likeness (QED) is 0.801. The Labute approximate surface area is 166 Å². The summed E-state index contributed by atoms with van der Waals surface area (Å²) in [6.07, 6.45) is 6.41. The number of hydrogen-bond donors (Lipinski definition) is 2. The van der Waals surface area contributed by atoms with Crippen molar-refractivity contribution in [2.24, 2.45) is 0 Å². The third kappa shape index (κ3) is 4.34. The zero-order valence-electron chi connectivity index (χ0n) is 16.1. The number of amides is 1. The van der Waals surface area contributed by atoms with Crippen LogP contribution in [0.2, 0.25) is 0 Å². The number of likely N-dealkylation sites (tertiary alicyclic amines) is 1. The molecule has 0 bridgehead atoms. The number of pyridine rings is 1. The molecule has 154 valence electrons. The van der Waals surface area contributed by atoms with Crippen LogP contribution in [-0.4, -0.2) is 50.8 Å². The number of halogens is 2. The Morgan fingerprint density at radius 3 is 2.72 bits per heavy atom. The van der Waals surface area contributed by atoms with Gasteiger partial charge in [-0.1, -0.05) is 6.07 Å². The SMILES string of the molecule is CC(C(=O)Nc1cnc(C2CC2)cn1)N1CCC(F)(F)[C@@H](c2ccc(=O)[nH]c2)C1. The highest BCUT2D eigenvalue weighted by Crippen LogP contribution is 2.40. The number of hydrogen-bond acceptors (Lipinski definition) is 5. The third-order valence-corrected chi connectivity index (χ3v) is 5.72. The predicted molar refractivity (Wildman–Crippen MR) is 103 cm³/mol. The lowest BCUT2D eigenvalue weighted by atomic mass is 9.87. The number of aromatic nitrogens is 3. The van der Waals surface area contributed by atoms with Crippen LogP contribution in [-0.2, 0) is 4.79 Å². The normalized spacial score (nSPS) is 22.8. The van der Waals surface area contributed by atoms with Crippen LogP contribution in [0.1, 0.15) is 49.3 Å². The monoisotopic (exact) mass is 403 g/mol. The number of aromatic amines is 1. The smallest absolute Gasteiger partial charge is 0.257 e. The molecule has 2 fully saturated rings. The van der Waals surface area contributed by atoms with Gasteiger partial charge in [0.25, 0.3) is 5.92 Å². The minimum atomic E-state index is -2.91. The van der Waals surface area contributed by atoms with Crippen molar-refractivity contribution >= 4 is 11.7 Å². The summed E-state index contributed by atoms with van der Waals surface area (Å²) < 4.78 is 29.0. The predicted octanol–water partition coefficient (Wildman–Crippen LogP) is 2.49. The van der Waals surface area contributed by atoms with Gasteiger partial charge in [0.05, 0.1) is 30.0 Å². The molecule has 2 N–H and O–H groups in total. The van der Waals surface area contributed by atoms with Crippen molar-refractivity contribution in [2.75, 3.05) is 18.4 Å². The molecule has 4 rings (SSSR count). The van der Waals surface area contributed by atoms with E-state index in [0.29, 0.717) is 17.3 Å². The number of nitrogens with one attached hydrogen (secondary N) is 2. The van der Waals surface area contributed by atoms with E-state index in [4.69, 9.17) is 0 Å². The van der Waals surface area contributed by atoms with E-state index >= 15 is 0 Å². The van der Waals surface area contributed by atoms with Gasteiger partial charge in [-0.05, 0) is 25.3 Å². The first kappa shape index (κ1) is 19.6. The Bertz CT molecular complexity index is 922. The van der Waals surface area contributed by atoms with E-state index in [9.17, 15) is 18.4 Å². The van der Waals surface area contributed by atoms with Crippen LogP contribution in [0.5, 0.6) is 0 Å². The molecule has 1 unspecified atom stereocenters. The lowest BCUT2D eigenvalue weighted by molar-refractivity contribution is -0.125. The van der Waals surface area contributed by atoms with Crippen molar-refractivity contribution in [1.82, 2.24) is 19.9 Å². The van der Waals surface area contributed by atoms with E-state index in [1.54, 1.807) is 18.0 Å². The van der Waals surface area contributed by atoms with Gasteiger partial charge in [0, 0.05) is 37.7 Å². The Balaban J connectivity index is 1.43. The van der Waals surface area contributed by atoms with Crippen molar-refractivity contribution < 1.29 is 13.6 Å². The maximum absolute atomic E-state index is 14.5. The molecule has 1 saturated heterocycles. The molecule has 1 amide bonds. The Morgan fingerprint density at radius 2 is 2.10 bits per heavy atom. The number of nitrogens with zero attached hydrogens (tertiary/aromatic N) is 3. The lowest BCUT2D eigenvalue weighted by Crippen LogP contribution is -2.52. The molecule has 2 aromatic heterocycles. The molecule has 1 saturated carbocycles. The number of carbonyl (C=O) groups is 1. The largest absolute Gasteiger partial charge is 0.329 e. The van der Waals surface area contributed by atoms with Gasteiger partial charge in [-0.2, -0.15) is 0 Å². The van der Waals surface area contributed by atoms with Gasteiger partial charge in [-0.25, -0.2) is 13.8 Å². The minimum Gasteiger partial charge on any atom is -0.329 e. The lowest BCUT2D eigenvalue weighted by Gasteiger charge is -2.40. The molecule has 2 aliphatic rings. The number of anilines is 1. The highest BCUT2D eigenvalue weighted by atomic mass is 19.3. The van der Waals surface area contributed by atoms with E-state index < -0.39 is 17.9 Å². The van der Waals surface area contributed by atoms with Crippen LogP contribution < -0.4 is 10.9 Å². The zero-order valence-corrected chi connectivity index (χ0v) is 16.1. The van der Waals surface area contributed by atoms with E-state index in [0.717, 1.165) is 18.5 Å². The second-order valence-electron chi connectivity index (χ2n) is 7.81. The second-order valence-corrected chi connectivity index (χ2v) is 7.81. The molecule has 0 radical (unpaired) electrons. The van der Waals surface area contributed by atoms with Crippen LogP contribution in [0.15, 0.2) is 35.5 Å². The maximum Gasteiger partial charge on any atom is 0.257 e. The fourth-order valence-electron chi connectivity index (χ4n) is 3.66. The minimum absolute atomic E-state index is 0.0138. The maximum atomic E-state index is 14.5. The first-order valence-electron chi connectivity index (χ1n) is 9.77. The molecular formula is C20H23F2N5O2. The van der Waals surface area contributed by atoms with Gasteiger partial charge in [0.2, 0.25) is 11.5 Å². The van der Waals surface area contributed by atoms with E-state index in [1.807, 2.05) is 0 Å². The number of H-pyrrole nitrogens is 1. The van der Waals surface area contributed by atoms with Crippen LogP contribution in [0.3, 0.4) is 0 Å². The molecule has 1 aliphatic heterocycles. The summed E-state index contributed by atoms with van der Waals surface area (Å²) in [5.74, 6) is -3.49. The van der Waals surface area contributed by atoms with Gasteiger partial charge in [0.15, 0.2) is 5.82 Å². The fourth-order valence-corrected chi connectivity index (χ4v) is 3.66. The van der Waals surface area contributed by atoms with Crippen molar-refractivity contribution in [3.63, 3.8) is 0 Å². The molecule has 3 heterocycles. The topological polar surface area (TPSA) is 91.0 Å². The van der Waals surface area contributed by atoms with Crippen LogP contribution in [0, 0.1) is 0 Å². The fraction of sp³-hybridized carbons (Fsp3) is 0.500. The van der Waals surface area contributed by atoms with Crippen LogP contribution in [0.25, 0.3) is 0 Å². The molecule has 7 nitrogen and oxygen atoms in total. The Kier molecular flexibility index (Phi) is 5.16. The molecule has 29 heavy (non-hydrogen) atoms. The van der Waals surface area contributed by atoms with Gasteiger partial charge < -0.3 is 10.3 Å². The van der Waals surface area contributed by atoms with Gasteiger partial charge in [-0.3, -0.25) is 19.5 Å². The standard InChI is InChI=1S/C20H23F2N5O2/c1-12(19(29)26-17-10-23-16(9-24-17)13-2-3-13)27-7-6-20(21,22)15(11-27)14-4-5-18(28)25-8-14/h4-5,8-10,12-13,15H,2-3,6-7,11H2,1H3,(H,25,28)(H,24,26,29)/t12?,15-/m1/s1. The first-order valence-corrected chi connectivity index (χ1v) is 9.77. The number of rotatable bonds is 5. The van der Waals surface area contributed by atoms with Crippen LogP contribution >= 0.6 is 0 Å². The molecule has 2 atom stereocenters. The number of alkyl halides is 2. The molecule has 9 heteroatoms. The highest BCUT2D eigenvalue weighted by molar-refractivity contribution is 5.93. The molecule has 2 aromatic rings. The summed E-state index contributed by atoms with van der Waals surface area (Å²) in [4.78, 5) is 36.6. The highest BCUT2D eigenvalue weighted by Gasteiger charge is 2.46. The zero-order chi connectivity index (χ0) is 20.6. The molecular weight excluding hydrogens is 380 g/mol. The van der Waals surface area contributed by atoms with Crippen molar-refractivity contribution in [3.05, 3.63) is 52.3 Å². The van der Waals surface area contributed by atoms with Crippen molar-refractivity contribution in [1.29, 1.82) is 0 Å². The summed E-state index contributed by atoms with van der Waals surface area (Å²) in [5.41, 5.74) is 0.942. The van der Waals surface area contributed by atoms with Crippen molar-refractivity contribution in [2.45, 2.75) is 50.0 Å². The molecule has 1 aliphatic carbocycles. The second kappa shape index (κ2) is 7.62. The van der Waals surface area contributed by atoms with Gasteiger partial charge in [0.1, 0.15) is 0 Å². The summed E-state index contributed by atoms with van der Waals surface area (Å²) >= 11 is 0. The Morgan fingerprint density at radius 1 is 1.31 bits per heavy atom. The van der Waals surface area contributed by atoms with E-state index in [-0.39, 0.29) is 31.0 Å². The Hall–Kier alpha value is -2.68.